The van der Waals surface area contributed by atoms with Gasteiger partial charge in [0.15, 0.2) is 5.76 Å². The second-order valence-electron chi connectivity index (χ2n) is 6.65. The highest BCUT2D eigenvalue weighted by molar-refractivity contribution is 5.96. The number of carbonyl (C=O) groups is 1. The van der Waals surface area contributed by atoms with E-state index in [-0.39, 0.29) is 11.7 Å². The third-order valence-corrected chi connectivity index (χ3v) is 4.86. The molecule has 1 aliphatic heterocycles. The minimum atomic E-state index is -0.821. The summed E-state index contributed by atoms with van der Waals surface area (Å²) >= 11 is 0. The molecule has 1 aromatic carbocycles. The van der Waals surface area contributed by atoms with E-state index in [1.165, 1.54) is 0 Å². The lowest BCUT2D eigenvalue weighted by molar-refractivity contribution is 0.00605. The van der Waals surface area contributed by atoms with Gasteiger partial charge in [0.05, 0.1) is 17.8 Å². The minimum Gasteiger partial charge on any atom is -0.451 e. The zero-order chi connectivity index (χ0) is 18.0. The maximum atomic E-state index is 12.3. The SMILES string of the molecule is O=C(NCc1ccccn1)c1cc2cc(C3(O)CCNCC3)ccc2o1. The smallest absolute Gasteiger partial charge is 0.287 e. The van der Waals surface area contributed by atoms with Crippen LogP contribution in [0.5, 0.6) is 0 Å². The van der Waals surface area contributed by atoms with Crippen molar-refractivity contribution in [3.05, 3.63) is 65.7 Å². The largest absolute Gasteiger partial charge is 0.451 e. The van der Waals surface area contributed by atoms with Crippen LogP contribution in [0.25, 0.3) is 11.0 Å². The lowest BCUT2D eigenvalue weighted by Gasteiger charge is -2.33. The molecule has 0 aliphatic carbocycles. The molecule has 6 nitrogen and oxygen atoms in total. The Kier molecular flexibility index (Phi) is 4.44. The lowest BCUT2D eigenvalue weighted by Crippen LogP contribution is -2.39. The fourth-order valence-electron chi connectivity index (χ4n) is 3.33. The molecule has 0 radical (unpaired) electrons. The molecule has 3 N–H and O–H groups in total. The third kappa shape index (κ3) is 3.34. The van der Waals surface area contributed by atoms with E-state index >= 15 is 0 Å². The monoisotopic (exact) mass is 351 g/mol. The van der Waals surface area contributed by atoms with Crippen LogP contribution in [-0.4, -0.2) is 29.1 Å². The first-order valence-electron chi connectivity index (χ1n) is 8.79. The average Bonchev–Trinajstić information content (AvgIpc) is 3.11. The molecule has 0 atom stereocenters. The van der Waals surface area contributed by atoms with Crippen LogP contribution in [0.2, 0.25) is 0 Å². The van der Waals surface area contributed by atoms with Crippen LogP contribution in [0.15, 0.2) is 53.1 Å². The van der Waals surface area contributed by atoms with Crippen molar-refractivity contribution < 1.29 is 14.3 Å². The molecule has 3 heterocycles. The van der Waals surface area contributed by atoms with E-state index in [9.17, 15) is 9.90 Å². The number of carbonyl (C=O) groups excluding carboxylic acids is 1. The molecule has 1 saturated heterocycles. The maximum absolute atomic E-state index is 12.3. The lowest BCUT2D eigenvalue weighted by atomic mass is 9.85. The van der Waals surface area contributed by atoms with Crippen LogP contribution in [0.1, 0.15) is 34.7 Å². The topological polar surface area (TPSA) is 87.4 Å². The van der Waals surface area contributed by atoms with Crippen molar-refractivity contribution in [2.45, 2.75) is 25.0 Å². The standard InChI is InChI=1S/C20H21N3O3/c24-19(23-13-16-3-1-2-8-22-16)18-12-14-11-15(4-5-17(14)26-18)20(25)6-9-21-10-7-20/h1-5,8,11-12,21,25H,6-7,9-10,13H2,(H,23,24). The Morgan fingerprint density at radius 3 is 2.85 bits per heavy atom. The van der Waals surface area contributed by atoms with E-state index in [1.54, 1.807) is 12.3 Å². The van der Waals surface area contributed by atoms with E-state index in [4.69, 9.17) is 4.42 Å². The molecule has 0 saturated carbocycles. The Morgan fingerprint density at radius 2 is 2.08 bits per heavy atom. The number of hydrogen-bond acceptors (Lipinski definition) is 5. The zero-order valence-corrected chi connectivity index (χ0v) is 14.4. The molecule has 0 spiro atoms. The molecule has 1 amide bonds. The van der Waals surface area contributed by atoms with Gasteiger partial charge in [-0.2, -0.15) is 0 Å². The van der Waals surface area contributed by atoms with Crippen molar-refractivity contribution in [2.75, 3.05) is 13.1 Å². The summed E-state index contributed by atoms with van der Waals surface area (Å²) in [6.45, 7) is 1.93. The minimum absolute atomic E-state index is 0.255. The molecule has 1 aliphatic rings. The molecule has 2 aromatic heterocycles. The molecule has 3 aromatic rings. The molecule has 6 heteroatoms. The number of nitrogens with zero attached hydrogens (tertiary/aromatic N) is 1. The number of fused-ring (bicyclic) bond motifs is 1. The van der Waals surface area contributed by atoms with Crippen molar-refractivity contribution in [3.8, 4) is 0 Å². The van der Waals surface area contributed by atoms with Gasteiger partial charge >= 0.3 is 0 Å². The number of rotatable bonds is 4. The number of hydrogen-bond donors (Lipinski definition) is 3. The quantitative estimate of drug-likeness (QED) is 0.671. The summed E-state index contributed by atoms with van der Waals surface area (Å²) in [4.78, 5) is 16.5. The highest BCUT2D eigenvalue weighted by atomic mass is 16.3. The van der Waals surface area contributed by atoms with Crippen molar-refractivity contribution in [1.82, 2.24) is 15.6 Å². The number of amides is 1. The van der Waals surface area contributed by atoms with Gasteiger partial charge in [-0.1, -0.05) is 12.1 Å². The number of aliphatic hydroxyl groups is 1. The van der Waals surface area contributed by atoms with Crippen LogP contribution in [0.3, 0.4) is 0 Å². The first-order valence-corrected chi connectivity index (χ1v) is 8.79. The number of pyridine rings is 1. The second kappa shape index (κ2) is 6.90. The molecular formula is C20H21N3O3. The summed E-state index contributed by atoms with van der Waals surface area (Å²) in [6.07, 6.45) is 3.04. The van der Waals surface area contributed by atoms with Gasteiger partial charge in [-0.15, -0.1) is 0 Å². The van der Waals surface area contributed by atoms with E-state index in [1.807, 2.05) is 36.4 Å². The zero-order valence-electron chi connectivity index (χ0n) is 14.4. The fourth-order valence-corrected chi connectivity index (χ4v) is 3.33. The molecule has 1 fully saturated rings. The molecule has 134 valence electrons. The van der Waals surface area contributed by atoms with Crippen molar-refractivity contribution in [2.24, 2.45) is 0 Å². The van der Waals surface area contributed by atoms with E-state index < -0.39 is 5.60 Å². The summed E-state index contributed by atoms with van der Waals surface area (Å²) < 4.78 is 5.67. The number of nitrogens with one attached hydrogen (secondary N) is 2. The Hall–Kier alpha value is -2.70. The predicted octanol–water partition coefficient (Wildman–Crippen LogP) is 2.33. The van der Waals surface area contributed by atoms with Gasteiger partial charge in [0, 0.05) is 11.6 Å². The summed E-state index contributed by atoms with van der Waals surface area (Å²) in [5.74, 6) is -0.0284. The van der Waals surface area contributed by atoms with E-state index in [2.05, 4.69) is 15.6 Å². The average molecular weight is 351 g/mol. The van der Waals surface area contributed by atoms with Gasteiger partial charge in [-0.3, -0.25) is 9.78 Å². The molecule has 26 heavy (non-hydrogen) atoms. The van der Waals surface area contributed by atoms with E-state index in [0.29, 0.717) is 25.0 Å². The van der Waals surface area contributed by atoms with Crippen LogP contribution in [0.4, 0.5) is 0 Å². The van der Waals surface area contributed by atoms with E-state index in [0.717, 1.165) is 29.7 Å². The van der Waals surface area contributed by atoms with Gasteiger partial charge in [0.25, 0.3) is 5.91 Å². The highest BCUT2D eigenvalue weighted by Crippen LogP contribution is 2.33. The van der Waals surface area contributed by atoms with Gasteiger partial charge in [0.1, 0.15) is 5.58 Å². The van der Waals surface area contributed by atoms with Gasteiger partial charge < -0.3 is 20.2 Å². The van der Waals surface area contributed by atoms with Crippen molar-refractivity contribution in [1.29, 1.82) is 0 Å². The Bertz CT molecular complexity index is 914. The summed E-state index contributed by atoms with van der Waals surface area (Å²) in [5.41, 5.74) is 1.47. The third-order valence-electron chi connectivity index (χ3n) is 4.86. The maximum Gasteiger partial charge on any atom is 0.287 e. The number of furan rings is 1. The van der Waals surface area contributed by atoms with Crippen LogP contribution in [-0.2, 0) is 12.1 Å². The predicted molar refractivity (Wildman–Crippen MR) is 97.6 cm³/mol. The summed E-state index contributed by atoms with van der Waals surface area (Å²) in [6, 6.07) is 12.9. The van der Waals surface area contributed by atoms with Crippen molar-refractivity contribution in [3.63, 3.8) is 0 Å². The fraction of sp³-hybridized carbons (Fsp3) is 0.300. The summed E-state index contributed by atoms with van der Waals surface area (Å²) in [5, 5.41) is 17.8. The van der Waals surface area contributed by atoms with Crippen LogP contribution in [0, 0.1) is 0 Å². The van der Waals surface area contributed by atoms with Gasteiger partial charge in [0.2, 0.25) is 0 Å². The molecule has 4 rings (SSSR count). The van der Waals surface area contributed by atoms with Gasteiger partial charge in [-0.25, -0.2) is 0 Å². The number of benzene rings is 1. The number of piperidine rings is 1. The Labute approximate surface area is 151 Å². The summed E-state index contributed by atoms with van der Waals surface area (Å²) in [7, 11) is 0. The highest BCUT2D eigenvalue weighted by Gasteiger charge is 2.31. The normalized spacial score (nSPS) is 16.5. The number of aromatic nitrogens is 1. The first kappa shape index (κ1) is 16.8. The van der Waals surface area contributed by atoms with Crippen molar-refractivity contribution >= 4 is 16.9 Å². The molecular weight excluding hydrogens is 330 g/mol. The second-order valence-corrected chi connectivity index (χ2v) is 6.65. The molecule has 0 bridgehead atoms. The van der Waals surface area contributed by atoms with Crippen LogP contribution < -0.4 is 10.6 Å². The first-order chi connectivity index (χ1) is 12.6. The Balaban J connectivity index is 1.52. The van der Waals surface area contributed by atoms with Gasteiger partial charge in [-0.05, 0) is 61.8 Å². The molecule has 0 unspecified atom stereocenters. The van der Waals surface area contributed by atoms with Crippen LogP contribution >= 0.6 is 0 Å². The Morgan fingerprint density at radius 1 is 1.23 bits per heavy atom.